The molecule has 1 aliphatic heterocycles. The Morgan fingerprint density at radius 3 is 3.00 bits per heavy atom. The fourth-order valence-corrected chi connectivity index (χ4v) is 0.857. The van der Waals surface area contributed by atoms with Crippen LogP contribution >= 0.6 is 22.9 Å². The molecule has 0 aromatic rings. The third-order valence-electron chi connectivity index (χ3n) is 1.04. The zero-order chi connectivity index (χ0) is 5.98. The molecule has 0 atom stereocenters. The number of halogens is 1. The summed E-state index contributed by atoms with van der Waals surface area (Å²) in [6, 6.07) is 0. The van der Waals surface area contributed by atoms with Crippen LogP contribution in [0, 0.1) is 0 Å². The minimum absolute atomic E-state index is 0.820. The highest BCUT2D eigenvalue weighted by Crippen LogP contribution is 2.12. The second-order valence-electron chi connectivity index (χ2n) is 1.72. The summed E-state index contributed by atoms with van der Waals surface area (Å²) in [4.78, 5) is 0. The van der Waals surface area contributed by atoms with Gasteiger partial charge in [-0.05, 0) is 6.92 Å². The average Bonchev–Trinajstić information content (AvgIpc) is 1.77. The minimum atomic E-state index is 0.820. The summed E-state index contributed by atoms with van der Waals surface area (Å²) in [7, 11) is 0. The molecule has 2 nitrogen and oxygen atoms in total. The van der Waals surface area contributed by atoms with Gasteiger partial charge in [0.05, 0.1) is 35.1 Å². The van der Waals surface area contributed by atoms with E-state index in [-0.39, 0.29) is 0 Å². The predicted octanol–water partition coefficient (Wildman–Crippen LogP) is 1.53. The zero-order valence-electron chi connectivity index (χ0n) is 4.72. The molecule has 0 unspecified atom stereocenters. The van der Waals surface area contributed by atoms with E-state index in [2.05, 4.69) is 26.0 Å². The van der Waals surface area contributed by atoms with E-state index in [4.69, 9.17) is 4.74 Å². The molecule has 0 saturated heterocycles. The lowest BCUT2D eigenvalue weighted by molar-refractivity contribution is 0.208. The van der Waals surface area contributed by atoms with Gasteiger partial charge in [-0.25, -0.2) is 0 Å². The molecule has 0 amide bonds. The van der Waals surface area contributed by atoms with Crippen LogP contribution in [0.5, 0.6) is 0 Å². The molecule has 0 radical (unpaired) electrons. The van der Waals surface area contributed by atoms with Crippen molar-refractivity contribution >= 4 is 22.9 Å². The van der Waals surface area contributed by atoms with E-state index in [1.54, 1.807) is 6.26 Å². The van der Waals surface area contributed by atoms with Gasteiger partial charge in [-0.3, -0.25) is 0 Å². The summed E-state index contributed by atoms with van der Waals surface area (Å²) in [5.41, 5.74) is 1.19. The molecular weight excluding hydrogens is 217 g/mol. The second kappa shape index (κ2) is 2.57. The van der Waals surface area contributed by atoms with Gasteiger partial charge in [0.25, 0.3) is 0 Å². The van der Waals surface area contributed by atoms with E-state index >= 15 is 0 Å². The summed E-state index contributed by atoms with van der Waals surface area (Å²) in [6.07, 6.45) is 1.79. The predicted molar refractivity (Wildman–Crippen MR) is 40.4 cm³/mol. The summed E-state index contributed by atoms with van der Waals surface area (Å²) >= 11 is 2.27. The van der Waals surface area contributed by atoms with Gasteiger partial charge in [0, 0.05) is 0 Å². The molecule has 1 aliphatic rings. The van der Waals surface area contributed by atoms with E-state index < -0.39 is 0 Å². The molecule has 0 aromatic heterocycles. The Balaban J connectivity index is 2.53. The fraction of sp³-hybridized carbons (Fsp3) is 0.600. The van der Waals surface area contributed by atoms with Crippen LogP contribution in [0.1, 0.15) is 6.92 Å². The van der Waals surface area contributed by atoms with E-state index in [1.165, 1.54) is 5.70 Å². The minimum Gasteiger partial charge on any atom is -0.497 e. The number of rotatable bonds is 0. The van der Waals surface area contributed by atoms with Crippen molar-refractivity contribution < 1.29 is 4.74 Å². The monoisotopic (exact) mass is 225 g/mol. The van der Waals surface area contributed by atoms with E-state index in [1.807, 2.05) is 6.92 Å². The Labute approximate surface area is 63.0 Å². The SMILES string of the molecule is CC1=COCCN1I. The summed E-state index contributed by atoms with van der Waals surface area (Å²) in [6.45, 7) is 3.86. The maximum atomic E-state index is 5.04. The van der Waals surface area contributed by atoms with E-state index in [0.29, 0.717) is 0 Å². The van der Waals surface area contributed by atoms with Crippen LogP contribution in [0.4, 0.5) is 0 Å². The lowest BCUT2D eigenvalue weighted by Crippen LogP contribution is -2.19. The van der Waals surface area contributed by atoms with Gasteiger partial charge in [0.15, 0.2) is 0 Å². The number of allylic oxidation sites excluding steroid dienone is 1. The molecule has 8 heavy (non-hydrogen) atoms. The standard InChI is InChI=1S/C5H8INO/c1-5-4-8-3-2-7(5)6/h4H,2-3H2,1H3. The highest BCUT2D eigenvalue weighted by molar-refractivity contribution is 14.1. The van der Waals surface area contributed by atoms with Crippen LogP contribution in [0.3, 0.4) is 0 Å². The van der Waals surface area contributed by atoms with Crippen molar-refractivity contribution in [3.8, 4) is 0 Å². The molecule has 1 heterocycles. The van der Waals surface area contributed by atoms with Crippen LogP contribution < -0.4 is 0 Å². The smallest absolute Gasteiger partial charge is 0.106 e. The molecule has 0 aromatic carbocycles. The molecule has 0 spiro atoms. The Morgan fingerprint density at radius 2 is 2.62 bits per heavy atom. The fourth-order valence-electron chi connectivity index (χ4n) is 0.546. The quantitative estimate of drug-likeness (QED) is 0.458. The van der Waals surface area contributed by atoms with Gasteiger partial charge in [0.1, 0.15) is 12.9 Å². The number of ether oxygens (including phenoxy) is 1. The first-order valence-electron chi connectivity index (χ1n) is 2.52. The van der Waals surface area contributed by atoms with Crippen molar-refractivity contribution in [2.24, 2.45) is 0 Å². The molecule has 0 saturated carbocycles. The van der Waals surface area contributed by atoms with Gasteiger partial charge in [-0.2, -0.15) is 0 Å². The average molecular weight is 225 g/mol. The largest absolute Gasteiger partial charge is 0.497 e. The summed E-state index contributed by atoms with van der Waals surface area (Å²) < 4.78 is 7.18. The van der Waals surface area contributed by atoms with Crippen LogP contribution in [0.2, 0.25) is 0 Å². The molecule has 0 aliphatic carbocycles. The van der Waals surface area contributed by atoms with Crippen LogP contribution in [0.25, 0.3) is 0 Å². The third kappa shape index (κ3) is 1.27. The Bertz CT molecular complexity index is 113. The Kier molecular flexibility index (Phi) is 1.99. The lowest BCUT2D eigenvalue weighted by atomic mass is 10.5. The maximum Gasteiger partial charge on any atom is 0.106 e. The zero-order valence-corrected chi connectivity index (χ0v) is 6.88. The molecular formula is C5H8INO. The van der Waals surface area contributed by atoms with Gasteiger partial charge >= 0.3 is 0 Å². The maximum absolute atomic E-state index is 5.04. The Morgan fingerprint density at radius 1 is 1.88 bits per heavy atom. The first kappa shape index (κ1) is 6.19. The molecule has 46 valence electrons. The highest BCUT2D eigenvalue weighted by atomic mass is 127. The summed E-state index contributed by atoms with van der Waals surface area (Å²) in [5, 5.41) is 0. The Hall–Kier alpha value is 0.0700. The van der Waals surface area contributed by atoms with E-state index in [0.717, 1.165) is 13.2 Å². The summed E-state index contributed by atoms with van der Waals surface area (Å²) in [5.74, 6) is 0. The third-order valence-corrected chi connectivity index (χ3v) is 2.29. The molecule has 0 fully saturated rings. The first-order valence-corrected chi connectivity index (χ1v) is 3.49. The van der Waals surface area contributed by atoms with E-state index in [9.17, 15) is 0 Å². The molecule has 0 N–H and O–H groups in total. The van der Waals surface area contributed by atoms with Gasteiger partial charge in [-0.15, -0.1) is 0 Å². The molecule has 1 rings (SSSR count). The van der Waals surface area contributed by atoms with Crippen molar-refractivity contribution in [3.63, 3.8) is 0 Å². The normalized spacial score (nSPS) is 19.8. The van der Waals surface area contributed by atoms with Crippen molar-refractivity contribution in [2.75, 3.05) is 13.2 Å². The topological polar surface area (TPSA) is 12.5 Å². The molecule has 3 heteroatoms. The van der Waals surface area contributed by atoms with Gasteiger partial charge < -0.3 is 7.85 Å². The van der Waals surface area contributed by atoms with Crippen molar-refractivity contribution in [1.29, 1.82) is 0 Å². The van der Waals surface area contributed by atoms with Gasteiger partial charge in [-0.1, -0.05) is 0 Å². The van der Waals surface area contributed by atoms with Crippen LogP contribution in [-0.4, -0.2) is 16.3 Å². The van der Waals surface area contributed by atoms with Crippen molar-refractivity contribution in [3.05, 3.63) is 12.0 Å². The number of nitrogens with zero attached hydrogens (tertiary/aromatic N) is 1. The lowest BCUT2D eigenvalue weighted by Gasteiger charge is -2.20. The number of hydrogen-bond acceptors (Lipinski definition) is 2. The second-order valence-corrected chi connectivity index (χ2v) is 2.88. The van der Waals surface area contributed by atoms with Gasteiger partial charge in [0.2, 0.25) is 0 Å². The molecule has 0 bridgehead atoms. The van der Waals surface area contributed by atoms with Crippen molar-refractivity contribution in [2.45, 2.75) is 6.92 Å². The van der Waals surface area contributed by atoms with Crippen molar-refractivity contribution in [1.82, 2.24) is 3.11 Å². The number of hydrogen-bond donors (Lipinski definition) is 0. The highest BCUT2D eigenvalue weighted by Gasteiger charge is 2.04. The van der Waals surface area contributed by atoms with Crippen LogP contribution in [-0.2, 0) is 4.74 Å². The van der Waals surface area contributed by atoms with Crippen LogP contribution in [0.15, 0.2) is 12.0 Å². The first-order chi connectivity index (χ1) is 3.80.